The van der Waals surface area contributed by atoms with E-state index < -0.39 is 28.4 Å². The predicted molar refractivity (Wildman–Crippen MR) is 177 cm³/mol. The maximum absolute atomic E-state index is 16.9. The van der Waals surface area contributed by atoms with Gasteiger partial charge in [-0.1, -0.05) is 25.8 Å². The Morgan fingerprint density at radius 1 is 1.06 bits per heavy atom. The van der Waals surface area contributed by atoms with E-state index in [2.05, 4.69) is 40.9 Å². The number of likely N-dealkylation sites (tertiary alicyclic amines) is 1. The fraction of sp³-hybridized carbons (Fsp3) is 0.405. The number of anilines is 1. The summed E-state index contributed by atoms with van der Waals surface area (Å²) < 4.78 is 54.3. The number of hydrogen-bond acceptors (Lipinski definition) is 7. The molecule has 4 heterocycles. The Morgan fingerprint density at radius 2 is 1.83 bits per heavy atom. The maximum atomic E-state index is 16.9. The molecule has 0 amide bonds. The van der Waals surface area contributed by atoms with Crippen LogP contribution in [0.4, 0.5) is 19.0 Å². The number of benzene rings is 3. The second-order valence-corrected chi connectivity index (χ2v) is 13.3. The summed E-state index contributed by atoms with van der Waals surface area (Å²) in [4.78, 5) is 13.6. The van der Waals surface area contributed by atoms with Crippen molar-refractivity contribution in [3.8, 4) is 47.6 Å². The Labute approximate surface area is 272 Å². The summed E-state index contributed by atoms with van der Waals surface area (Å²) in [7, 11) is 0. The zero-order valence-electron chi connectivity index (χ0n) is 26.4. The van der Waals surface area contributed by atoms with E-state index in [0.29, 0.717) is 24.3 Å². The number of halogens is 3. The second-order valence-electron chi connectivity index (χ2n) is 13.3. The van der Waals surface area contributed by atoms with Crippen LogP contribution >= 0.6 is 0 Å². The van der Waals surface area contributed by atoms with Crippen molar-refractivity contribution in [1.82, 2.24) is 20.2 Å². The first-order valence-corrected chi connectivity index (χ1v) is 16.1. The van der Waals surface area contributed by atoms with Crippen molar-refractivity contribution in [2.45, 2.75) is 45.2 Å². The molecule has 3 fully saturated rings. The van der Waals surface area contributed by atoms with Gasteiger partial charge >= 0.3 is 6.01 Å². The third-order valence-corrected chi connectivity index (χ3v) is 10.2. The van der Waals surface area contributed by atoms with Crippen LogP contribution < -0.4 is 15.0 Å². The van der Waals surface area contributed by atoms with E-state index >= 15 is 8.78 Å². The van der Waals surface area contributed by atoms with Gasteiger partial charge in [-0.2, -0.15) is 9.97 Å². The summed E-state index contributed by atoms with van der Waals surface area (Å²) in [5.41, 5.74) is -1.29. The number of aromatic nitrogens is 2. The number of fused-ring (bicyclic) bond motifs is 4. The number of rotatable bonds is 6. The van der Waals surface area contributed by atoms with Crippen molar-refractivity contribution in [2.24, 2.45) is 11.3 Å². The average molecular weight is 640 g/mol. The van der Waals surface area contributed by atoms with E-state index in [9.17, 15) is 9.50 Å². The van der Waals surface area contributed by atoms with Crippen molar-refractivity contribution in [3.63, 3.8) is 0 Å². The monoisotopic (exact) mass is 639 g/mol. The van der Waals surface area contributed by atoms with Gasteiger partial charge < -0.3 is 25.0 Å². The number of piperidine rings is 1. The Kier molecular flexibility index (Phi) is 7.90. The van der Waals surface area contributed by atoms with Crippen LogP contribution in [0.2, 0.25) is 0 Å². The van der Waals surface area contributed by atoms with Crippen molar-refractivity contribution < 1.29 is 23.0 Å². The molecule has 3 saturated heterocycles. The summed E-state index contributed by atoms with van der Waals surface area (Å²) >= 11 is 0. The molecule has 10 heteroatoms. The summed E-state index contributed by atoms with van der Waals surface area (Å²) in [5, 5.41) is 14.8. The number of piperazine rings is 1. The Hall–Kier alpha value is -4.51. The lowest BCUT2D eigenvalue weighted by molar-refractivity contribution is 0.0261. The lowest BCUT2D eigenvalue weighted by Crippen LogP contribution is -2.51. The van der Waals surface area contributed by atoms with Crippen LogP contribution in [0, 0.1) is 53.5 Å². The minimum Gasteiger partial charge on any atom is -0.508 e. The largest absolute Gasteiger partial charge is 0.508 e. The first-order chi connectivity index (χ1) is 22.6. The molecule has 0 aliphatic carbocycles. The Morgan fingerprint density at radius 3 is 2.53 bits per heavy atom. The minimum atomic E-state index is -0.992. The van der Waals surface area contributed by atoms with Gasteiger partial charge in [0.2, 0.25) is 0 Å². The van der Waals surface area contributed by atoms with E-state index in [4.69, 9.17) is 22.6 Å². The van der Waals surface area contributed by atoms with E-state index in [1.807, 2.05) is 4.90 Å². The van der Waals surface area contributed by atoms with Crippen LogP contribution in [0.5, 0.6) is 11.8 Å². The lowest BCUT2D eigenvalue weighted by atomic mass is 9.73. The molecule has 3 aliphatic heterocycles. The number of hydrogen-bond donors (Lipinski definition) is 2. The van der Waals surface area contributed by atoms with Gasteiger partial charge in [-0.25, -0.2) is 13.2 Å². The Bertz CT molecular complexity index is 1980. The Balaban J connectivity index is 1.40. The standard InChI is InChI=1S/C37H36F3N5O2/c1-5-22-12-13-44(7-3)19-37(22,4)20-47-36-42-34-28(35(43-36)45-17-23-9-10-24(18-45)41-23)16-30(39)32(33(34)40)27-15-25(46)14-21-8-11-29(38)26(6-2)31(21)27/h1-2,8,11,14-16,22-24,41,46H,7,9-10,12-13,17-20H2,3-4H3/t22?,23-,24+,37?. The fourth-order valence-corrected chi connectivity index (χ4v) is 7.74. The van der Waals surface area contributed by atoms with Crippen molar-refractivity contribution in [3.05, 3.63) is 53.3 Å². The van der Waals surface area contributed by atoms with Gasteiger partial charge in [0.25, 0.3) is 0 Å². The molecule has 3 aromatic carbocycles. The summed E-state index contributed by atoms with van der Waals surface area (Å²) in [6.45, 7) is 8.11. The summed E-state index contributed by atoms with van der Waals surface area (Å²) in [6, 6.07) is 6.74. The molecule has 4 atom stereocenters. The van der Waals surface area contributed by atoms with E-state index in [1.165, 1.54) is 24.3 Å². The second kappa shape index (κ2) is 11.9. The molecule has 0 saturated carbocycles. The zero-order chi connectivity index (χ0) is 33.0. The van der Waals surface area contributed by atoms with Crippen LogP contribution in [0.25, 0.3) is 32.8 Å². The molecule has 47 heavy (non-hydrogen) atoms. The highest BCUT2D eigenvalue weighted by Crippen LogP contribution is 2.42. The summed E-state index contributed by atoms with van der Waals surface area (Å²) in [5.74, 6) is 2.70. The molecular formula is C37H36F3N5O2. The van der Waals surface area contributed by atoms with E-state index in [0.717, 1.165) is 45.0 Å². The molecule has 4 aromatic rings. The quantitative estimate of drug-likeness (QED) is 0.257. The molecule has 1 aromatic heterocycles. The van der Waals surface area contributed by atoms with Crippen molar-refractivity contribution in [2.75, 3.05) is 44.2 Å². The maximum Gasteiger partial charge on any atom is 0.319 e. The molecule has 3 aliphatic rings. The molecule has 2 bridgehead atoms. The van der Waals surface area contributed by atoms with E-state index in [-0.39, 0.29) is 63.8 Å². The molecular weight excluding hydrogens is 603 g/mol. The number of nitrogens with zero attached hydrogens (tertiary/aromatic N) is 4. The van der Waals surface area contributed by atoms with Gasteiger partial charge in [-0.05, 0) is 62.0 Å². The third kappa shape index (κ3) is 5.40. The van der Waals surface area contributed by atoms with Gasteiger partial charge in [0.15, 0.2) is 5.82 Å². The van der Waals surface area contributed by atoms with Crippen LogP contribution in [-0.2, 0) is 0 Å². The normalized spacial score (nSPS) is 24.4. The highest BCUT2D eigenvalue weighted by atomic mass is 19.1. The highest BCUT2D eigenvalue weighted by molar-refractivity contribution is 6.04. The van der Waals surface area contributed by atoms with Crippen LogP contribution in [0.15, 0.2) is 30.3 Å². The van der Waals surface area contributed by atoms with Gasteiger partial charge in [-0.3, -0.25) is 0 Å². The lowest BCUT2D eigenvalue weighted by Gasteiger charge is -2.43. The number of ether oxygens (including phenoxy) is 1. The highest BCUT2D eigenvalue weighted by Gasteiger charge is 2.40. The molecule has 7 nitrogen and oxygen atoms in total. The predicted octanol–water partition coefficient (Wildman–Crippen LogP) is 5.85. The van der Waals surface area contributed by atoms with Crippen LogP contribution in [-0.4, -0.2) is 71.4 Å². The van der Waals surface area contributed by atoms with Gasteiger partial charge in [0, 0.05) is 59.4 Å². The van der Waals surface area contributed by atoms with Crippen LogP contribution in [0.3, 0.4) is 0 Å². The number of phenols is 1. The minimum absolute atomic E-state index is 0.0313. The zero-order valence-corrected chi connectivity index (χ0v) is 26.4. The van der Waals surface area contributed by atoms with Crippen LogP contribution in [0.1, 0.15) is 38.7 Å². The first-order valence-electron chi connectivity index (χ1n) is 16.1. The molecule has 0 spiro atoms. The molecule has 2 N–H and O–H groups in total. The smallest absolute Gasteiger partial charge is 0.319 e. The molecule has 0 radical (unpaired) electrons. The first kappa shape index (κ1) is 31.1. The van der Waals surface area contributed by atoms with E-state index in [1.54, 1.807) is 0 Å². The number of aromatic hydroxyl groups is 1. The molecule has 242 valence electrons. The number of terminal acetylenes is 2. The molecule has 7 rings (SSSR count). The third-order valence-electron chi connectivity index (χ3n) is 10.2. The summed E-state index contributed by atoms with van der Waals surface area (Å²) in [6.07, 6.45) is 14.4. The fourth-order valence-electron chi connectivity index (χ4n) is 7.74. The number of nitrogens with one attached hydrogen (secondary N) is 1. The van der Waals surface area contributed by atoms with Crippen molar-refractivity contribution >= 4 is 27.5 Å². The SMILES string of the molecule is C#Cc1c(F)ccc2cc(O)cc(-c3c(F)cc4c(N5C[C@H]6CC[C@@H](C5)N6)nc(OCC5(C)CN(CC)CCC5C#C)nc4c3F)c12. The average Bonchev–Trinajstić information content (AvgIpc) is 3.40. The van der Waals surface area contributed by atoms with Gasteiger partial charge in [-0.15, -0.1) is 18.8 Å². The van der Waals surface area contributed by atoms with Gasteiger partial charge in [0.05, 0.1) is 17.7 Å². The van der Waals surface area contributed by atoms with Crippen molar-refractivity contribution in [1.29, 1.82) is 0 Å². The number of phenolic OH excluding ortho intramolecular Hbond substituents is 1. The van der Waals surface area contributed by atoms with Gasteiger partial charge in [0.1, 0.15) is 28.7 Å². The molecule has 2 unspecified atom stereocenters. The topological polar surface area (TPSA) is 73.8 Å².